The van der Waals surface area contributed by atoms with Gasteiger partial charge in [-0.15, -0.1) is 0 Å². The fourth-order valence-corrected chi connectivity index (χ4v) is 1.54. The molecular weight excluding hydrogens is 260 g/mol. The van der Waals surface area contributed by atoms with Gasteiger partial charge in [0.1, 0.15) is 0 Å². The van der Waals surface area contributed by atoms with Crippen LogP contribution in [0, 0.1) is 0 Å². The minimum absolute atomic E-state index is 0.294. The molecule has 6 heteroatoms. The maximum absolute atomic E-state index is 11.8. The van der Waals surface area contributed by atoms with Gasteiger partial charge in [-0.3, -0.25) is 4.79 Å². The van der Waals surface area contributed by atoms with Crippen LogP contribution < -0.4 is 5.32 Å². The van der Waals surface area contributed by atoms with Crippen molar-refractivity contribution in [3.8, 4) is 0 Å². The van der Waals surface area contributed by atoms with Crippen LogP contribution in [-0.4, -0.2) is 48.3 Å². The molecule has 20 heavy (non-hydrogen) atoms. The number of aliphatic hydroxyl groups excluding tert-OH is 1. The Bertz CT molecular complexity index is 446. The summed E-state index contributed by atoms with van der Waals surface area (Å²) in [6, 6.07) is 9.31. The van der Waals surface area contributed by atoms with Gasteiger partial charge in [0, 0.05) is 20.6 Å². The van der Waals surface area contributed by atoms with E-state index in [4.69, 9.17) is 4.74 Å². The van der Waals surface area contributed by atoms with Crippen LogP contribution in [0.2, 0.25) is 0 Å². The number of nitrogens with one attached hydrogen (secondary N) is 1. The molecule has 6 nitrogen and oxygen atoms in total. The van der Waals surface area contributed by atoms with E-state index in [0.29, 0.717) is 6.54 Å². The highest BCUT2D eigenvalue weighted by atomic mass is 16.6. The smallest absolute Gasteiger partial charge is 0.408 e. The van der Waals surface area contributed by atoms with Crippen molar-refractivity contribution in [3.63, 3.8) is 0 Å². The SMILES string of the molecule is C[C@@H](O)[C@@H](OC(=O)NCc1ccccc1)C(=O)N(C)C. The molecule has 1 rings (SSSR count). The number of alkyl carbamates (subject to hydrolysis) is 1. The largest absolute Gasteiger partial charge is 0.433 e. The number of nitrogens with zero attached hydrogens (tertiary/aromatic N) is 1. The molecule has 0 aromatic heterocycles. The lowest BCUT2D eigenvalue weighted by atomic mass is 10.2. The van der Waals surface area contributed by atoms with Crippen LogP contribution in [-0.2, 0) is 16.1 Å². The minimum Gasteiger partial charge on any atom is -0.433 e. The number of ether oxygens (including phenoxy) is 1. The predicted octanol–water partition coefficient (Wildman–Crippen LogP) is 0.750. The third kappa shape index (κ3) is 4.89. The quantitative estimate of drug-likeness (QED) is 0.834. The molecule has 0 unspecified atom stereocenters. The number of benzene rings is 1. The van der Waals surface area contributed by atoms with Gasteiger partial charge >= 0.3 is 6.09 Å². The zero-order valence-corrected chi connectivity index (χ0v) is 11.9. The monoisotopic (exact) mass is 280 g/mol. The molecule has 0 aliphatic carbocycles. The van der Waals surface area contributed by atoms with E-state index in [0.717, 1.165) is 5.56 Å². The first-order valence-electron chi connectivity index (χ1n) is 6.29. The molecule has 1 aromatic carbocycles. The van der Waals surface area contributed by atoms with Gasteiger partial charge in [-0.25, -0.2) is 4.79 Å². The lowest BCUT2D eigenvalue weighted by Gasteiger charge is -2.22. The van der Waals surface area contributed by atoms with E-state index in [1.54, 1.807) is 0 Å². The topological polar surface area (TPSA) is 78.9 Å². The first-order valence-corrected chi connectivity index (χ1v) is 6.29. The van der Waals surface area contributed by atoms with E-state index in [1.165, 1.54) is 25.9 Å². The van der Waals surface area contributed by atoms with Crippen molar-refractivity contribution in [1.82, 2.24) is 10.2 Å². The van der Waals surface area contributed by atoms with Gasteiger partial charge < -0.3 is 20.1 Å². The Balaban J connectivity index is 2.52. The van der Waals surface area contributed by atoms with Crippen molar-refractivity contribution in [3.05, 3.63) is 35.9 Å². The Labute approximate surface area is 118 Å². The second kappa shape index (κ2) is 7.49. The number of likely N-dealkylation sites (N-methyl/N-ethyl adjacent to an activating group) is 1. The van der Waals surface area contributed by atoms with E-state index in [-0.39, 0.29) is 0 Å². The summed E-state index contributed by atoms with van der Waals surface area (Å²) in [5.74, 6) is -0.463. The van der Waals surface area contributed by atoms with Gasteiger partial charge in [-0.1, -0.05) is 30.3 Å². The number of carbonyl (C=O) groups excluding carboxylic acids is 2. The number of carbonyl (C=O) groups is 2. The van der Waals surface area contributed by atoms with Crippen molar-refractivity contribution in [2.75, 3.05) is 14.1 Å². The number of aliphatic hydroxyl groups is 1. The van der Waals surface area contributed by atoms with Crippen molar-refractivity contribution in [2.24, 2.45) is 0 Å². The van der Waals surface area contributed by atoms with E-state index in [9.17, 15) is 14.7 Å². The fourth-order valence-electron chi connectivity index (χ4n) is 1.54. The zero-order valence-electron chi connectivity index (χ0n) is 11.9. The molecule has 1 aromatic rings. The van der Waals surface area contributed by atoms with Gasteiger partial charge in [0.05, 0.1) is 6.10 Å². The Kier molecular flexibility index (Phi) is 5.99. The highest BCUT2D eigenvalue weighted by Crippen LogP contribution is 2.04. The van der Waals surface area contributed by atoms with Gasteiger partial charge in [0.2, 0.25) is 6.10 Å². The number of rotatable bonds is 5. The molecule has 0 heterocycles. The van der Waals surface area contributed by atoms with E-state index in [2.05, 4.69) is 5.32 Å². The first kappa shape index (κ1) is 16.0. The van der Waals surface area contributed by atoms with Crippen LogP contribution in [0.1, 0.15) is 12.5 Å². The lowest BCUT2D eigenvalue weighted by molar-refractivity contribution is -0.143. The van der Waals surface area contributed by atoms with Crippen molar-refractivity contribution >= 4 is 12.0 Å². The summed E-state index contributed by atoms with van der Waals surface area (Å²) >= 11 is 0. The lowest BCUT2D eigenvalue weighted by Crippen LogP contribution is -2.45. The molecule has 110 valence electrons. The average Bonchev–Trinajstić information content (AvgIpc) is 2.42. The molecule has 0 aliphatic rings. The number of amides is 2. The fraction of sp³-hybridized carbons (Fsp3) is 0.429. The predicted molar refractivity (Wildman–Crippen MR) is 73.9 cm³/mol. The Hall–Kier alpha value is -2.08. The normalized spacial score (nSPS) is 13.2. The van der Waals surface area contributed by atoms with Crippen LogP contribution in [0.4, 0.5) is 4.79 Å². The number of hydrogen-bond acceptors (Lipinski definition) is 4. The molecule has 0 bridgehead atoms. The molecule has 0 saturated carbocycles. The molecular formula is C14H20N2O4. The van der Waals surface area contributed by atoms with Crippen LogP contribution in [0.3, 0.4) is 0 Å². The molecule has 0 spiro atoms. The van der Waals surface area contributed by atoms with E-state index in [1.807, 2.05) is 30.3 Å². The summed E-state index contributed by atoms with van der Waals surface area (Å²) in [6.07, 6.45) is -3.02. The van der Waals surface area contributed by atoms with Crippen LogP contribution >= 0.6 is 0 Å². The molecule has 2 atom stereocenters. The second-order valence-corrected chi connectivity index (χ2v) is 4.64. The molecule has 0 aliphatic heterocycles. The summed E-state index contributed by atoms with van der Waals surface area (Å²) in [5.41, 5.74) is 0.914. The maximum atomic E-state index is 11.8. The summed E-state index contributed by atoms with van der Waals surface area (Å²) in [5, 5.41) is 12.0. The summed E-state index contributed by atoms with van der Waals surface area (Å²) < 4.78 is 4.97. The van der Waals surface area contributed by atoms with Crippen LogP contribution in [0.15, 0.2) is 30.3 Å². The summed E-state index contributed by atoms with van der Waals surface area (Å²) in [4.78, 5) is 24.7. The third-order valence-electron chi connectivity index (χ3n) is 2.64. The highest BCUT2D eigenvalue weighted by molar-refractivity contribution is 5.83. The summed E-state index contributed by atoms with van der Waals surface area (Å²) in [7, 11) is 3.06. The van der Waals surface area contributed by atoms with Crippen molar-refractivity contribution in [1.29, 1.82) is 0 Å². The molecule has 0 saturated heterocycles. The molecule has 0 fully saturated rings. The standard InChI is InChI=1S/C14H20N2O4/c1-10(17)12(13(18)16(2)3)20-14(19)15-9-11-7-5-4-6-8-11/h4-8,10,12,17H,9H2,1-3H3,(H,15,19)/t10-,12-/m1/s1. The Morgan fingerprint density at radius 3 is 2.40 bits per heavy atom. The van der Waals surface area contributed by atoms with Crippen molar-refractivity contribution < 1.29 is 19.4 Å². The van der Waals surface area contributed by atoms with Crippen molar-refractivity contribution in [2.45, 2.75) is 25.7 Å². The van der Waals surface area contributed by atoms with Crippen LogP contribution in [0.5, 0.6) is 0 Å². The maximum Gasteiger partial charge on any atom is 0.408 e. The third-order valence-corrected chi connectivity index (χ3v) is 2.64. The van der Waals surface area contributed by atoms with E-state index < -0.39 is 24.2 Å². The molecule has 2 amide bonds. The van der Waals surface area contributed by atoms with Gasteiger partial charge in [-0.2, -0.15) is 0 Å². The minimum atomic E-state index is -1.21. The average molecular weight is 280 g/mol. The zero-order chi connectivity index (χ0) is 15.1. The van der Waals surface area contributed by atoms with Gasteiger partial charge in [-0.05, 0) is 12.5 Å². The van der Waals surface area contributed by atoms with Gasteiger partial charge in [0.25, 0.3) is 5.91 Å². The molecule has 2 N–H and O–H groups in total. The first-order chi connectivity index (χ1) is 9.41. The summed E-state index contributed by atoms with van der Waals surface area (Å²) in [6.45, 7) is 1.69. The Morgan fingerprint density at radius 2 is 1.90 bits per heavy atom. The highest BCUT2D eigenvalue weighted by Gasteiger charge is 2.29. The van der Waals surface area contributed by atoms with E-state index >= 15 is 0 Å². The Morgan fingerprint density at radius 1 is 1.30 bits per heavy atom. The van der Waals surface area contributed by atoms with Crippen LogP contribution in [0.25, 0.3) is 0 Å². The number of hydrogen-bond donors (Lipinski definition) is 2. The van der Waals surface area contributed by atoms with Gasteiger partial charge in [0.15, 0.2) is 0 Å². The molecule has 0 radical (unpaired) electrons. The second-order valence-electron chi connectivity index (χ2n) is 4.64.